The number of amides is 1. The molecule has 0 fully saturated rings. The molecule has 17 heavy (non-hydrogen) atoms. The van der Waals surface area contributed by atoms with Gasteiger partial charge in [-0.3, -0.25) is 4.79 Å². The number of hydrogen-bond acceptors (Lipinski definition) is 4. The quantitative estimate of drug-likeness (QED) is 0.778. The summed E-state index contributed by atoms with van der Waals surface area (Å²) in [6.07, 6.45) is 0. The maximum absolute atomic E-state index is 11.9. The van der Waals surface area contributed by atoms with Crippen LogP contribution in [0, 0.1) is 0 Å². The summed E-state index contributed by atoms with van der Waals surface area (Å²) in [7, 11) is 1.32. The van der Waals surface area contributed by atoms with Crippen molar-refractivity contribution in [2.24, 2.45) is 0 Å². The first-order valence-corrected chi connectivity index (χ1v) is 5.99. The van der Waals surface area contributed by atoms with Gasteiger partial charge in [-0.15, -0.1) is 11.8 Å². The molecule has 0 saturated heterocycles. The van der Waals surface area contributed by atoms with Crippen molar-refractivity contribution < 1.29 is 14.3 Å². The summed E-state index contributed by atoms with van der Waals surface area (Å²) in [5, 5.41) is 2.77. The van der Waals surface area contributed by atoms with Gasteiger partial charge in [0.15, 0.2) is 0 Å². The third-order valence-electron chi connectivity index (χ3n) is 2.58. The van der Waals surface area contributed by atoms with Gasteiger partial charge in [0.05, 0.1) is 23.1 Å². The zero-order chi connectivity index (χ0) is 12.6. The molecule has 0 aromatic heterocycles. The molecular weight excluding hydrogens is 238 g/mol. The molecule has 90 valence electrons. The normalized spacial score (nSPS) is 17.0. The van der Waals surface area contributed by atoms with Gasteiger partial charge >= 0.3 is 5.97 Å². The average Bonchev–Trinajstić information content (AvgIpc) is 2.28. The van der Waals surface area contributed by atoms with Crippen LogP contribution in [0.1, 0.15) is 24.2 Å². The van der Waals surface area contributed by atoms with Crippen LogP contribution in [0.2, 0.25) is 0 Å². The molecule has 1 aliphatic heterocycles. The molecule has 1 amide bonds. The van der Waals surface area contributed by atoms with E-state index in [-0.39, 0.29) is 5.91 Å². The van der Waals surface area contributed by atoms with Crippen molar-refractivity contribution in [3.8, 4) is 0 Å². The highest BCUT2D eigenvalue weighted by atomic mass is 32.2. The van der Waals surface area contributed by atoms with E-state index in [1.54, 1.807) is 12.1 Å². The number of methoxy groups -OCH3 is 1. The Bertz CT molecular complexity index is 497. The van der Waals surface area contributed by atoms with Crippen LogP contribution in [-0.2, 0) is 9.53 Å². The van der Waals surface area contributed by atoms with Crippen molar-refractivity contribution in [3.63, 3.8) is 0 Å². The van der Waals surface area contributed by atoms with Crippen LogP contribution < -0.4 is 5.32 Å². The zero-order valence-corrected chi connectivity index (χ0v) is 10.7. The smallest absolute Gasteiger partial charge is 0.340 e. The van der Waals surface area contributed by atoms with E-state index in [1.807, 2.05) is 19.9 Å². The standard InChI is InChI=1S/C12H13NO3S/c1-12(2)11(15)13-9-7(10(14)16-3)5-4-6-8(9)17-12/h4-6H,1-3H3,(H,13,15). The Labute approximate surface area is 104 Å². The molecule has 1 aromatic rings. The molecule has 1 aromatic carbocycles. The maximum Gasteiger partial charge on any atom is 0.340 e. The zero-order valence-electron chi connectivity index (χ0n) is 9.87. The average molecular weight is 251 g/mol. The Balaban J connectivity index is 2.51. The highest BCUT2D eigenvalue weighted by molar-refractivity contribution is 8.01. The minimum atomic E-state index is -0.526. The molecule has 2 rings (SSSR count). The summed E-state index contributed by atoms with van der Waals surface area (Å²) in [5.41, 5.74) is 0.940. The lowest BCUT2D eigenvalue weighted by Gasteiger charge is -2.30. The van der Waals surface area contributed by atoms with Crippen molar-refractivity contribution in [1.29, 1.82) is 0 Å². The summed E-state index contributed by atoms with van der Waals surface area (Å²) in [4.78, 5) is 24.3. The first-order valence-electron chi connectivity index (χ1n) is 5.17. The highest BCUT2D eigenvalue weighted by Gasteiger charge is 2.36. The van der Waals surface area contributed by atoms with Gasteiger partial charge in [-0.2, -0.15) is 0 Å². The summed E-state index contributed by atoms with van der Waals surface area (Å²) < 4.78 is 4.16. The van der Waals surface area contributed by atoms with Crippen LogP contribution in [0.5, 0.6) is 0 Å². The fraction of sp³-hybridized carbons (Fsp3) is 0.333. The van der Waals surface area contributed by atoms with E-state index in [4.69, 9.17) is 4.74 Å². The van der Waals surface area contributed by atoms with Gasteiger partial charge in [0.25, 0.3) is 0 Å². The number of rotatable bonds is 1. The van der Waals surface area contributed by atoms with Gasteiger partial charge in [0, 0.05) is 4.90 Å². The van der Waals surface area contributed by atoms with E-state index in [0.29, 0.717) is 11.3 Å². The van der Waals surface area contributed by atoms with Crippen LogP contribution in [0.3, 0.4) is 0 Å². The summed E-state index contributed by atoms with van der Waals surface area (Å²) in [5.74, 6) is -0.547. The number of anilines is 1. The van der Waals surface area contributed by atoms with E-state index in [9.17, 15) is 9.59 Å². The van der Waals surface area contributed by atoms with E-state index < -0.39 is 10.7 Å². The van der Waals surface area contributed by atoms with Gasteiger partial charge in [-0.25, -0.2) is 4.79 Å². The number of fused-ring (bicyclic) bond motifs is 1. The van der Waals surface area contributed by atoms with Crippen molar-refractivity contribution in [3.05, 3.63) is 23.8 Å². The molecule has 0 saturated carbocycles. The number of benzene rings is 1. The molecule has 0 aliphatic carbocycles. The number of carbonyl (C=O) groups excluding carboxylic acids is 2. The molecule has 0 spiro atoms. The molecule has 0 unspecified atom stereocenters. The van der Waals surface area contributed by atoms with E-state index >= 15 is 0 Å². The number of ether oxygens (including phenoxy) is 1. The van der Waals surface area contributed by atoms with Crippen LogP contribution in [-0.4, -0.2) is 23.7 Å². The summed E-state index contributed by atoms with van der Waals surface area (Å²) in [6.45, 7) is 3.70. The number of para-hydroxylation sites is 1. The number of nitrogens with one attached hydrogen (secondary N) is 1. The van der Waals surface area contributed by atoms with Gasteiger partial charge < -0.3 is 10.1 Å². The molecule has 1 N–H and O–H groups in total. The second-order valence-electron chi connectivity index (χ2n) is 4.24. The van der Waals surface area contributed by atoms with Gasteiger partial charge in [-0.05, 0) is 26.0 Å². The Kier molecular flexibility index (Phi) is 2.87. The molecule has 0 atom stereocenters. The monoisotopic (exact) mass is 251 g/mol. The third kappa shape index (κ3) is 2.02. The number of hydrogen-bond donors (Lipinski definition) is 1. The second-order valence-corrected chi connectivity index (χ2v) is 5.90. The van der Waals surface area contributed by atoms with Crippen LogP contribution >= 0.6 is 11.8 Å². The molecule has 1 heterocycles. The Morgan fingerprint density at radius 3 is 2.76 bits per heavy atom. The Hall–Kier alpha value is -1.49. The molecule has 5 heteroatoms. The Morgan fingerprint density at radius 1 is 1.41 bits per heavy atom. The highest BCUT2D eigenvalue weighted by Crippen LogP contribution is 2.43. The van der Waals surface area contributed by atoms with E-state index in [0.717, 1.165) is 4.90 Å². The third-order valence-corrected chi connectivity index (χ3v) is 3.84. The molecule has 1 aliphatic rings. The number of thioether (sulfide) groups is 1. The van der Waals surface area contributed by atoms with Crippen molar-refractivity contribution in [1.82, 2.24) is 0 Å². The molecule has 0 radical (unpaired) electrons. The SMILES string of the molecule is COC(=O)c1cccc2c1NC(=O)C(C)(C)S2. The summed E-state index contributed by atoms with van der Waals surface area (Å²) in [6, 6.07) is 5.31. The fourth-order valence-corrected chi connectivity index (χ4v) is 2.71. The minimum Gasteiger partial charge on any atom is -0.465 e. The lowest BCUT2D eigenvalue weighted by Crippen LogP contribution is -2.37. The van der Waals surface area contributed by atoms with Gasteiger partial charge in [-0.1, -0.05) is 6.07 Å². The molecule has 0 bridgehead atoms. The maximum atomic E-state index is 11.9. The number of esters is 1. The first-order chi connectivity index (χ1) is 7.95. The predicted octanol–water partition coefficient (Wildman–Crippen LogP) is 2.30. The largest absolute Gasteiger partial charge is 0.465 e. The fourth-order valence-electron chi connectivity index (χ4n) is 1.61. The summed E-state index contributed by atoms with van der Waals surface area (Å²) >= 11 is 1.44. The Morgan fingerprint density at radius 2 is 2.12 bits per heavy atom. The van der Waals surface area contributed by atoms with Crippen molar-refractivity contribution in [2.75, 3.05) is 12.4 Å². The topological polar surface area (TPSA) is 55.4 Å². The number of carbonyl (C=O) groups is 2. The second kappa shape index (κ2) is 4.07. The first kappa shape index (κ1) is 12.0. The van der Waals surface area contributed by atoms with Gasteiger partial charge in [0.1, 0.15) is 0 Å². The van der Waals surface area contributed by atoms with Crippen LogP contribution in [0.15, 0.2) is 23.1 Å². The van der Waals surface area contributed by atoms with Crippen molar-refractivity contribution in [2.45, 2.75) is 23.5 Å². The molecular formula is C12H13NO3S. The molecule has 4 nitrogen and oxygen atoms in total. The van der Waals surface area contributed by atoms with Crippen LogP contribution in [0.4, 0.5) is 5.69 Å². The predicted molar refractivity (Wildman–Crippen MR) is 66.3 cm³/mol. The lowest BCUT2D eigenvalue weighted by atomic mass is 10.1. The van der Waals surface area contributed by atoms with Gasteiger partial charge in [0.2, 0.25) is 5.91 Å². The van der Waals surface area contributed by atoms with Crippen molar-refractivity contribution >= 4 is 29.3 Å². The lowest BCUT2D eigenvalue weighted by molar-refractivity contribution is -0.117. The van der Waals surface area contributed by atoms with E-state index in [1.165, 1.54) is 18.9 Å². The van der Waals surface area contributed by atoms with Crippen LogP contribution in [0.25, 0.3) is 0 Å². The van der Waals surface area contributed by atoms with E-state index in [2.05, 4.69) is 5.32 Å². The minimum absolute atomic E-state index is 0.105.